The minimum atomic E-state index is 0.792. The SMILES string of the molecule is CNC1CC2CCCC(C1)N2C1CCCCCCC1. The molecule has 110 valence electrons. The summed E-state index contributed by atoms with van der Waals surface area (Å²) in [6, 6.07) is 3.51. The van der Waals surface area contributed by atoms with Crippen LogP contribution in [0.25, 0.3) is 0 Å². The number of nitrogens with zero attached hydrogens (tertiary/aromatic N) is 1. The van der Waals surface area contributed by atoms with Gasteiger partial charge in [-0.2, -0.15) is 0 Å². The molecule has 0 amide bonds. The molecule has 0 aromatic heterocycles. The van der Waals surface area contributed by atoms with Gasteiger partial charge in [0.15, 0.2) is 0 Å². The van der Waals surface area contributed by atoms with Crippen molar-refractivity contribution >= 4 is 0 Å². The summed E-state index contributed by atoms with van der Waals surface area (Å²) in [4.78, 5) is 3.00. The number of hydrogen-bond donors (Lipinski definition) is 1. The molecule has 2 nitrogen and oxygen atoms in total. The summed E-state index contributed by atoms with van der Waals surface area (Å²) in [5.74, 6) is 0. The Morgan fingerprint density at radius 3 is 1.79 bits per heavy atom. The lowest BCUT2D eigenvalue weighted by atomic mass is 9.79. The van der Waals surface area contributed by atoms with E-state index in [1.807, 2.05) is 0 Å². The van der Waals surface area contributed by atoms with E-state index in [4.69, 9.17) is 0 Å². The molecule has 3 rings (SSSR count). The fraction of sp³-hybridized carbons (Fsp3) is 1.00. The van der Waals surface area contributed by atoms with Gasteiger partial charge in [-0.15, -0.1) is 0 Å². The molecular formula is C17H32N2. The molecule has 1 aliphatic carbocycles. The predicted octanol–water partition coefficient (Wildman–Crippen LogP) is 3.70. The second-order valence-corrected chi connectivity index (χ2v) is 7.14. The highest BCUT2D eigenvalue weighted by Crippen LogP contribution is 2.38. The van der Waals surface area contributed by atoms with Gasteiger partial charge in [0.2, 0.25) is 0 Å². The zero-order valence-electron chi connectivity index (χ0n) is 12.7. The average molecular weight is 264 g/mol. The summed E-state index contributed by atoms with van der Waals surface area (Å²) in [7, 11) is 2.16. The van der Waals surface area contributed by atoms with Crippen LogP contribution in [0.4, 0.5) is 0 Å². The summed E-state index contributed by atoms with van der Waals surface area (Å²) >= 11 is 0. The van der Waals surface area contributed by atoms with Gasteiger partial charge >= 0.3 is 0 Å². The Hall–Kier alpha value is -0.0800. The third-order valence-electron chi connectivity index (χ3n) is 5.94. The van der Waals surface area contributed by atoms with Crippen LogP contribution in [-0.4, -0.2) is 36.1 Å². The maximum atomic E-state index is 3.55. The maximum Gasteiger partial charge on any atom is 0.0116 e. The van der Waals surface area contributed by atoms with E-state index in [9.17, 15) is 0 Å². The Labute approximate surface area is 119 Å². The zero-order valence-corrected chi connectivity index (χ0v) is 12.7. The third kappa shape index (κ3) is 3.16. The lowest BCUT2D eigenvalue weighted by molar-refractivity contribution is -0.0177. The van der Waals surface area contributed by atoms with E-state index >= 15 is 0 Å². The number of hydrogen-bond acceptors (Lipinski definition) is 2. The molecule has 2 saturated heterocycles. The highest BCUT2D eigenvalue weighted by molar-refractivity contribution is 4.97. The van der Waals surface area contributed by atoms with Gasteiger partial charge in [-0.05, 0) is 45.6 Å². The standard InChI is InChI=1S/C17H32N2/c1-18-14-12-16-10-7-11-17(13-14)19(16)15-8-5-3-2-4-6-9-15/h14-18H,2-13H2,1H3. The number of nitrogens with one attached hydrogen (secondary N) is 1. The van der Waals surface area contributed by atoms with E-state index in [1.54, 1.807) is 0 Å². The molecule has 19 heavy (non-hydrogen) atoms. The van der Waals surface area contributed by atoms with Crippen LogP contribution in [0, 0.1) is 0 Å². The molecule has 2 atom stereocenters. The van der Waals surface area contributed by atoms with E-state index in [0.717, 1.165) is 24.2 Å². The van der Waals surface area contributed by atoms with Gasteiger partial charge in [-0.1, -0.05) is 38.5 Å². The third-order valence-corrected chi connectivity index (χ3v) is 5.94. The Morgan fingerprint density at radius 2 is 1.21 bits per heavy atom. The van der Waals surface area contributed by atoms with Gasteiger partial charge in [-0.3, -0.25) is 4.90 Å². The van der Waals surface area contributed by atoms with Crippen LogP contribution >= 0.6 is 0 Å². The molecule has 2 aliphatic heterocycles. The molecule has 0 spiro atoms. The predicted molar refractivity (Wildman–Crippen MR) is 81.5 cm³/mol. The lowest BCUT2D eigenvalue weighted by Gasteiger charge is -2.52. The van der Waals surface area contributed by atoms with Crippen LogP contribution in [0.5, 0.6) is 0 Å². The smallest absolute Gasteiger partial charge is 0.0116 e. The Bertz CT molecular complexity index is 256. The molecule has 2 heterocycles. The average Bonchev–Trinajstić information content (AvgIpc) is 2.37. The topological polar surface area (TPSA) is 15.3 Å². The molecule has 1 N–H and O–H groups in total. The molecule has 2 bridgehead atoms. The van der Waals surface area contributed by atoms with Gasteiger partial charge in [0, 0.05) is 24.2 Å². The van der Waals surface area contributed by atoms with Gasteiger partial charge < -0.3 is 5.32 Å². The monoisotopic (exact) mass is 264 g/mol. The fourth-order valence-electron chi connectivity index (χ4n) is 4.98. The molecule has 2 unspecified atom stereocenters. The molecule has 3 aliphatic rings. The zero-order chi connectivity index (χ0) is 13.1. The maximum absolute atomic E-state index is 3.55. The van der Waals surface area contributed by atoms with Gasteiger partial charge in [0.05, 0.1) is 0 Å². The first-order valence-electron chi connectivity index (χ1n) is 8.83. The quantitative estimate of drug-likeness (QED) is 0.818. The summed E-state index contributed by atoms with van der Waals surface area (Å²) in [5, 5.41) is 3.55. The summed E-state index contributed by atoms with van der Waals surface area (Å²) in [6.45, 7) is 0. The molecule has 1 saturated carbocycles. The Morgan fingerprint density at radius 1 is 0.684 bits per heavy atom. The second kappa shape index (κ2) is 6.58. The normalized spacial score (nSPS) is 38.7. The number of piperidine rings is 2. The van der Waals surface area contributed by atoms with Crippen LogP contribution in [0.15, 0.2) is 0 Å². The van der Waals surface area contributed by atoms with Crippen LogP contribution in [0.2, 0.25) is 0 Å². The molecule has 0 aromatic rings. The van der Waals surface area contributed by atoms with Crippen molar-refractivity contribution in [3.8, 4) is 0 Å². The molecule has 2 heteroatoms. The van der Waals surface area contributed by atoms with Crippen molar-refractivity contribution < 1.29 is 0 Å². The number of fused-ring (bicyclic) bond motifs is 2. The highest BCUT2D eigenvalue weighted by atomic mass is 15.2. The largest absolute Gasteiger partial charge is 0.317 e. The van der Waals surface area contributed by atoms with Crippen molar-refractivity contribution in [1.29, 1.82) is 0 Å². The van der Waals surface area contributed by atoms with E-state index in [2.05, 4.69) is 17.3 Å². The molecule has 0 radical (unpaired) electrons. The summed E-state index contributed by atoms with van der Waals surface area (Å²) < 4.78 is 0. The first kappa shape index (κ1) is 13.9. The minimum absolute atomic E-state index is 0.792. The van der Waals surface area contributed by atoms with Gasteiger partial charge in [-0.25, -0.2) is 0 Å². The van der Waals surface area contributed by atoms with Crippen molar-refractivity contribution in [1.82, 2.24) is 10.2 Å². The van der Waals surface area contributed by atoms with Crippen molar-refractivity contribution in [2.75, 3.05) is 7.05 Å². The van der Waals surface area contributed by atoms with Gasteiger partial charge in [0.1, 0.15) is 0 Å². The van der Waals surface area contributed by atoms with Crippen molar-refractivity contribution in [3.05, 3.63) is 0 Å². The van der Waals surface area contributed by atoms with Crippen molar-refractivity contribution in [3.63, 3.8) is 0 Å². The fourth-order valence-corrected chi connectivity index (χ4v) is 4.98. The molecule has 0 aromatic carbocycles. The van der Waals surface area contributed by atoms with Crippen LogP contribution in [-0.2, 0) is 0 Å². The van der Waals surface area contributed by atoms with E-state index in [0.29, 0.717) is 0 Å². The van der Waals surface area contributed by atoms with E-state index < -0.39 is 0 Å². The highest BCUT2D eigenvalue weighted by Gasteiger charge is 2.40. The first-order chi connectivity index (χ1) is 9.38. The van der Waals surface area contributed by atoms with Crippen LogP contribution < -0.4 is 5.32 Å². The molecular weight excluding hydrogens is 232 g/mol. The summed E-state index contributed by atoms with van der Waals surface area (Å²) in [5.41, 5.74) is 0. The summed E-state index contributed by atoms with van der Waals surface area (Å²) in [6.07, 6.45) is 17.6. The number of rotatable bonds is 2. The minimum Gasteiger partial charge on any atom is -0.317 e. The van der Waals surface area contributed by atoms with Crippen molar-refractivity contribution in [2.24, 2.45) is 0 Å². The van der Waals surface area contributed by atoms with Crippen LogP contribution in [0.3, 0.4) is 0 Å². The van der Waals surface area contributed by atoms with E-state index in [-0.39, 0.29) is 0 Å². The Kier molecular flexibility index (Phi) is 4.81. The Balaban J connectivity index is 1.68. The lowest BCUT2D eigenvalue weighted by Crippen LogP contribution is -2.59. The van der Waals surface area contributed by atoms with Gasteiger partial charge in [0.25, 0.3) is 0 Å². The van der Waals surface area contributed by atoms with Crippen molar-refractivity contribution in [2.45, 2.75) is 101 Å². The van der Waals surface area contributed by atoms with Crippen LogP contribution in [0.1, 0.15) is 77.0 Å². The molecule has 3 fully saturated rings. The van der Waals surface area contributed by atoms with E-state index in [1.165, 1.54) is 77.0 Å². The first-order valence-corrected chi connectivity index (χ1v) is 8.83. The second-order valence-electron chi connectivity index (χ2n) is 7.14.